The fourth-order valence-corrected chi connectivity index (χ4v) is 7.10. The zero-order chi connectivity index (χ0) is 21.2. The topological polar surface area (TPSA) is 82.2 Å². The molecule has 31 heavy (non-hydrogen) atoms. The molecule has 0 bridgehead atoms. The number of aromatic amines is 1. The molecule has 7 nitrogen and oxygen atoms in total. The molecule has 4 heterocycles. The summed E-state index contributed by atoms with van der Waals surface area (Å²) in [5, 5.41) is 3.81. The highest BCUT2D eigenvalue weighted by Gasteiger charge is 2.22. The molecule has 1 aliphatic heterocycles. The number of hydrogen-bond acceptors (Lipinski definition) is 8. The number of nitrogens with zero attached hydrogens (tertiary/aromatic N) is 4. The third kappa shape index (κ3) is 4.51. The van der Waals surface area contributed by atoms with Gasteiger partial charge in [0.2, 0.25) is 5.91 Å². The first-order valence-corrected chi connectivity index (χ1v) is 13.6. The first kappa shape index (κ1) is 21.0. The Labute approximate surface area is 192 Å². The number of anilines is 1. The number of nitrogens with one attached hydrogen (secondary N) is 1. The van der Waals surface area contributed by atoms with Gasteiger partial charge in [-0.2, -0.15) is 0 Å². The summed E-state index contributed by atoms with van der Waals surface area (Å²) in [5.41, 5.74) is 1.18. The molecule has 5 rings (SSSR count). The van der Waals surface area contributed by atoms with Crippen LogP contribution in [0.25, 0.3) is 10.2 Å². The minimum atomic E-state index is -0.0267. The average Bonchev–Trinajstić information content (AvgIpc) is 3.36. The van der Waals surface area contributed by atoms with Gasteiger partial charge in [-0.25, -0.2) is 9.97 Å². The number of carbonyl (C=O) groups excluding carboxylic acids is 1. The van der Waals surface area contributed by atoms with Gasteiger partial charge in [-0.3, -0.25) is 9.59 Å². The average molecular weight is 476 g/mol. The van der Waals surface area contributed by atoms with Crippen molar-refractivity contribution in [3.05, 3.63) is 38.2 Å². The summed E-state index contributed by atoms with van der Waals surface area (Å²) in [6.45, 7) is 3.25. The normalized spacial score (nSPS) is 17.0. The molecular weight excluding hydrogens is 450 g/mol. The Hall–Kier alpha value is -1.91. The van der Waals surface area contributed by atoms with Crippen molar-refractivity contribution in [2.45, 2.75) is 37.9 Å². The van der Waals surface area contributed by atoms with E-state index in [9.17, 15) is 9.59 Å². The van der Waals surface area contributed by atoms with Crippen LogP contribution in [-0.4, -0.2) is 57.7 Å². The van der Waals surface area contributed by atoms with Crippen LogP contribution in [0.2, 0.25) is 0 Å². The third-order valence-electron chi connectivity index (χ3n) is 5.88. The molecule has 0 saturated carbocycles. The molecule has 0 spiro atoms. The van der Waals surface area contributed by atoms with Crippen LogP contribution in [-0.2, 0) is 23.4 Å². The Morgan fingerprint density at radius 1 is 1.16 bits per heavy atom. The molecular formula is C21H25N5O2S3. The molecule has 0 unspecified atom stereocenters. The Morgan fingerprint density at radius 2 is 2.06 bits per heavy atom. The van der Waals surface area contributed by atoms with Crippen molar-refractivity contribution in [1.29, 1.82) is 0 Å². The van der Waals surface area contributed by atoms with Gasteiger partial charge in [-0.15, -0.1) is 34.4 Å². The number of fused-ring (bicyclic) bond motifs is 3. The van der Waals surface area contributed by atoms with Crippen molar-refractivity contribution in [2.75, 3.05) is 36.8 Å². The lowest BCUT2D eigenvalue weighted by Crippen LogP contribution is -2.36. The largest absolute Gasteiger partial charge is 0.346 e. The number of thiazole rings is 1. The van der Waals surface area contributed by atoms with E-state index in [-0.39, 0.29) is 11.5 Å². The second-order valence-electron chi connectivity index (χ2n) is 7.93. The van der Waals surface area contributed by atoms with E-state index in [2.05, 4.69) is 14.9 Å². The molecule has 164 valence electrons. The number of aromatic nitrogens is 3. The Morgan fingerprint density at radius 3 is 2.94 bits per heavy atom. The number of thioether (sulfide) groups is 1. The number of thiophene rings is 1. The molecule has 0 radical (unpaired) electrons. The van der Waals surface area contributed by atoms with Gasteiger partial charge in [0.15, 0.2) is 5.13 Å². The van der Waals surface area contributed by atoms with Gasteiger partial charge in [0, 0.05) is 42.6 Å². The highest BCUT2D eigenvalue weighted by molar-refractivity contribution is 7.99. The highest BCUT2D eigenvalue weighted by atomic mass is 32.2. The summed E-state index contributed by atoms with van der Waals surface area (Å²) >= 11 is 4.83. The number of rotatable bonds is 5. The van der Waals surface area contributed by atoms with Crippen LogP contribution in [0.15, 0.2) is 16.4 Å². The van der Waals surface area contributed by atoms with Crippen molar-refractivity contribution in [1.82, 2.24) is 19.9 Å². The van der Waals surface area contributed by atoms with E-state index in [4.69, 9.17) is 4.98 Å². The predicted octanol–water partition coefficient (Wildman–Crippen LogP) is 3.29. The van der Waals surface area contributed by atoms with Crippen LogP contribution in [0.1, 0.15) is 35.5 Å². The maximum Gasteiger partial charge on any atom is 0.259 e. The standard InChI is InChI=1S/C21H25N5O2S3/c27-17(25-7-3-8-26(10-9-25)21-22-6-11-30-21)13-29-12-16-23-19(28)18-14-4-1-2-5-15(14)31-20(18)24-16/h6,11H,1-5,7-10,12-13H2,(H,23,24,28). The number of carbonyl (C=O) groups is 1. The van der Waals surface area contributed by atoms with Crippen LogP contribution in [0.3, 0.4) is 0 Å². The summed E-state index contributed by atoms with van der Waals surface area (Å²) in [5.74, 6) is 1.76. The molecule has 2 aliphatic rings. The predicted molar refractivity (Wildman–Crippen MR) is 129 cm³/mol. The van der Waals surface area contributed by atoms with Gasteiger partial charge in [0.05, 0.1) is 16.9 Å². The maximum atomic E-state index is 12.7. The van der Waals surface area contributed by atoms with Gasteiger partial charge in [0.25, 0.3) is 5.56 Å². The number of amides is 1. The van der Waals surface area contributed by atoms with Crippen LogP contribution in [0.4, 0.5) is 5.13 Å². The molecule has 1 amide bonds. The Balaban J connectivity index is 1.18. The lowest BCUT2D eigenvalue weighted by atomic mass is 9.97. The van der Waals surface area contributed by atoms with Crippen molar-refractivity contribution in [3.8, 4) is 0 Å². The second-order valence-corrected chi connectivity index (χ2v) is 10.9. The quantitative estimate of drug-likeness (QED) is 0.610. The summed E-state index contributed by atoms with van der Waals surface area (Å²) in [4.78, 5) is 43.8. The van der Waals surface area contributed by atoms with E-state index >= 15 is 0 Å². The highest BCUT2D eigenvalue weighted by Crippen LogP contribution is 2.33. The molecule has 1 N–H and O–H groups in total. The third-order valence-corrected chi connectivity index (χ3v) is 8.82. The van der Waals surface area contributed by atoms with Crippen LogP contribution in [0.5, 0.6) is 0 Å². The summed E-state index contributed by atoms with van der Waals surface area (Å²) in [6, 6.07) is 0. The van der Waals surface area contributed by atoms with Crippen molar-refractivity contribution in [3.63, 3.8) is 0 Å². The minimum Gasteiger partial charge on any atom is -0.346 e. The first-order valence-electron chi connectivity index (χ1n) is 10.7. The van der Waals surface area contributed by atoms with Crippen LogP contribution >= 0.6 is 34.4 Å². The van der Waals surface area contributed by atoms with Crippen molar-refractivity contribution < 1.29 is 4.79 Å². The molecule has 0 aromatic carbocycles. The van der Waals surface area contributed by atoms with E-state index in [1.54, 1.807) is 22.7 Å². The van der Waals surface area contributed by atoms with Crippen molar-refractivity contribution >= 4 is 55.7 Å². The fraction of sp³-hybridized carbons (Fsp3) is 0.524. The summed E-state index contributed by atoms with van der Waals surface area (Å²) in [7, 11) is 0. The minimum absolute atomic E-state index is 0.0267. The van der Waals surface area contributed by atoms with Crippen LogP contribution in [0, 0.1) is 0 Å². The smallest absolute Gasteiger partial charge is 0.259 e. The number of hydrogen-bond donors (Lipinski definition) is 1. The van der Waals surface area contributed by atoms with E-state index in [0.717, 1.165) is 67.2 Å². The zero-order valence-corrected chi connectivity index (χ0v) is 19.7. The van der Waals surface area contributed by atoms with Gasteiger partial charge >= 0.3 is 0 Å². The number of H-pyrrole nitrogens is 1. The van der Waals surface area contributed by atoms with Gasteiger partial charge in [-0.05, 0) is 37.7 Å². The van der Waals surface area contributed by atoms with Gasteiger partial charge in [0.1, 0.15) is 10.7 Å². The molecule has 0 atom stereocenters. The lowest BCUT2D eigenvalue weighted by Gasteiger charge is -2.21. The fourth-order valence-electron chi connectivity index (χ4n) is 4.33. The van der Waals surface area contributed by atoms with E-state index in [0.29, 0.717) is 17.3 Å². The van der Waals surface area contributed by atoms with Crippen LogP contribution < -0.4 is 10.5 Å². The molecule has 3 aromatic heterocycles. The molecule has 1 fully saturated rings. The monoisotopic (exact) mass is 475 g/mol. The SMILES string of the molecule is O=C(CSCc1nc2sc3c(c2c(=O)[nH]1)CCCC3)N1CCCN(c2nccs2)CC1. The summed E-state index contributed by atoms with van der Waals surface area (Å²) < 4.78 is 0. The van der Waals surface area contributed by atoms with E-state index in [1.165, 1.54) is 28.6 Å². The molecule has 1 saturated heterocycles. The Bertz CT molecular complexity index is 1120. The molecule has 1 aliphatic carbocycles. The van der Waals surface area contributed by atoms with E-state index in [1.807, 2.05) is 16.5 Å². The maximum absolute atomic E-state index is 12.7. The second kappa shape index (κ2) is 9.30. The zero-order valence-electron chi connectivity index (χ0n) is 17.3. The summed E-state index contributed by atoms with van der Waals surface area (Å²) in [6.07, 6.45) is 7.16. The Kier molecular flexibility index (Phi) is 6.29. The molecule has 3 aromatic rings. The molecule has 10 heteroatoms. The van der Waals surface area contributed by atoms with Gasteiger partial charge in [-0.1, -0.05) is 0 Å². The lowest BCUT2D eigenvalue weighted by molar-refractivity contribution is -0.128. The van der Waals surface area contributed by atoms with Gasteiger partial charge < -0.3 is 14.8 Å². The van der Waals surface area contributed by atoms with Crippen molar-refractivity contribution in [2.24, 2.45) is 0 Å². The van der Waals surface area contributed by atoms with E-state index < -0.39 is 0 Å². The number of aryl methyl sites for hydroxylation is 2. The first-order chi connectivity index (χ1) is 15.2.